The lowest BCUT2D eigenvalue weighted by Gasteiger charge is -2.25. The minimum absolute atomic E-state index is 0.00848. The topological polar surface area (TPSA) is 194 Å². The molecule has 13 heteroatoms. The molecule has 1 heterocycles. The van der Waals surface area contributed by atoms with Crippen LogP contribution in [-0.2, 0) is 9.47 Å². The molecule has 12 nitrogen and oxygen atoms in total. The highest BCUT2D eigenvalue weighted by atomic mass is 32.2. The largest absolute Gasteiger partial charge is 0.506 e. The summed E-state index contributed by atoms with van der Waals surface area (Å²) in [6.07, 6.45) is -5.01. The van der Waals surface area contributed by atoms with Crippen LogP contribution in [0.1, 0.15) is 31.5 Å². The number of nitrogens with zero attached hydrogens (tertiary/aromatic N) is 1. The maximum atomic E-state index is 11.9. The molecule has 0 saturated heterocycles. The van der Waals surface area contributed by atoms with Crippen LogP contribution in [0.4, 0.5) is 9.59 Å². The Labute approximate surface area is 188 Å². The van der Waals surface area contributed by atoms with Crippen LogP contribution in [0.3, 0.4) is 0 Å². The smallest absolute Gasteiger partial charge is 0.478 e. The van der Waals surface area contributed by atoms with E-state index in [0.29, 0.717) is 11.1 Å². The van der Waals surface area contributed by atoms with Gasteiger partial charge in [-0.25, -0.2) is 24.2 Å². The number of benzene rings is 2. The summed E-state index contributed by atoms with van der Waals surface area (Å²) < 4.78 is 14.9. The highest BCUT2D eigenvalue weighted by Crippen LogP contribution is 2.41. The van der Waals surface area contributed by atoms with E-state index in [1.54, 1.807) is 24.3 Å². The number of carboxylic acids is 2. The van der Waals surface area contributed by atoms with E-state index in [9.17, 15) is 29.4 Å². The molecule has 4 N–H and O–H groups in total. The van der Waals surface area contributed by atoms with E-state index in [2.05, 4.69) is 9.72 Å². The Balaban J connectivity index is 2.12. The second kappa shape index (κ2) is 9.91. The van der Waals surface area contributed by atoms with Crippen LogP contribution in [0.15, 0.2) is 52.1 Å². The summed E-state index contributed by atoms with van der Waals surface area (Å²) in [6, 6.07) is 9.89. The van der Waals surface area contributed by atoms with Gasteiger partial charge in [-0.2, -0.15) is 0 Å². The van der Waals surface area contributed by atoms with Gasteiger partial charge in [0.25, 0.3) is 5.22 Å². The van der Waals surface area contributed by atoms with Crippen LogP contribution >= 0.6 is 11.8 Å². The number of aromatic carboxylic acids is 2. The first-order valence-corrected chi connectivity index (χ1v) is 9.91. The highest BCUT2D eigenvalue weighted by Gasteiger charge is 2.34. The molecule has 2 aromatic carbocycles. The van der Waals surface area contributed by atoms with Crippen molar-refractivity contribution in [2.24, 2.45) is 0 Å². The molecule has 3 aromatic rings. The highest BCUT2D eigenvalue weighted by molar-refractivity contribution is 7.99. The molecule has 0 radical (unpaired) electrons. The molecule has 0 spiro atoms. The van der Waals surface area contributed by atoms with Gasteiger partial charge in [0.2, 0.25) is 0 Å². The third-order valence-corrected chi connectivity index (χ3v) is 5.49. The van der Waals surface area contributed by atoms with Crippen molar-refractivity contribution in [1.82, 2.24) is 4.98 Å². The van der Waals surface area contributed by atoms with Gasteiger partial charge < -0.3 is 34.3 Å². The lowest BCUT2D eigenvalue weighted by atomic mass is 9.98. The van der Waals surface area contributed by atoms with Crippen molar-refractivity contribution >= 4 is 47.1 Å². The van der Waals surface area contributed by atoms with Crippen LogP contribution in [0.5, 0.6) is 0 Å². The van der Waals surface area contributed by atoms with Gasteiger partial charge in [-0.15, -0.1) is 0 Å². The normalized spacial score (nSPS) is 12.6. The molecule has 3 rings (SSSR count). The number of hydrogen-bond acceptors (Lipinski definition) is 9. The first kappa shape index (κ1) is 23.4. The lowest BCUT2D eigenvalue weighted by molar-refractivity contribution is 0.00396. The van der Waals surface area contributed by atoms with Gasteiger partial charge in [-0.05, 0) is 29.8 Å². The number of rotatable bonds is 9. The zero-order valence-corrected chi connectivity index (χ0v) is 17.2. The Morgan fingerprint density at radius 1 is 0.970 bits per heavy atom. The molecule has 1 aromatic heterocycles. The minimum atomic E-state index is -1.77. The summed E-state index contributed by atoms with van der Waals surface area (Å²) in [6.45, 7) is -0.779. The third-order valence-electron chi connectivity index (χ3n) is 4.30. The van der Waals surface area contributed by atoms with Gasteiger partial charge in [-0.1, -0.05) is 30.0 Å². The van der Waals surface area contributed by atoms with E-state index in [1.807, 2.05) is 0 Å². The predicted octanol–water partition coefficient (Wildman–Crippen LogP) is 3.82. The van der Waals surface area contributed by atoms with Crippen LogP contribution in [0.2, 0.25) is 0 Å². The third kappa shape index (κ3) is 5.71. The fourth-order valence-corrected chi connectivity index (χ4v) is 4.06. The maximum absolute atomic E-state index is 11.9. The Bertz CT molecular complexity index is 1190. The molecule has 0 bridgehead atoms. The van der Waals surface area contributed by atoms with E-state index in [-0.39, 0.29) is 16.3 Å². The summed E-state index contributed by atoms with van der Waals surface area (Å²) in [7, 11) is 0. The molecule has 0 saturated carbocycles. The van der Waals surface area contributed by atoms with E-state index in [4.69, 9.17) is 19.4 Å². The number of para-hydroxylation sites is 2. The van der Waals surface area contributed by atoms with Crippen molar-refractivity contribution in [1.29, 1.82) is 0 Å². The summed E-state index contributed by atoms with van der Waals surface area (Å²) in [4.78, 5) is 49.6. The summed E-state index contributed by atoms with van der Waals surface area (Å²) in [5, 5.41) is 35.6. The molecule has 0 fully saturated rings. The molecule has 0 aliphatic rings. The van der Waals surface area contributed by atoms with Crippen LogP contribution in [0.25, 0.3) is 11.1 Å². The van der Waals surface area contributed by atoms with E-state index in [0.717, 1.165) is 23.9 Å². The van der Waals surface area contributed by atoms with Crippen LogP contribution in [-0.4, -0.2) is 62.4 Å². The number of oxazole rings is 1. The Hall–Kier alpha value is -4.26. The van der Waals surface area contributed by atoms with Gasteiger partial charge in [0.05, 0.1) is 16.4 Å². The standard InChI is InChI=1S/C20H15NO11S/c22-16(23)9-5-6-10(11(7-9)17(24)25)15(14(32-20(28)29)8-30-19(26)27)33-18-21-12-3-1-2-4-13(12)31-18/h1-7,14-15H,8H2,(H,22,23)(H,24,25)(H,26,27)(H,28,29). The van der Waals surface area contributed by atoms with Crippen molar-refractivity contribution in [3.8, 4) is 0 Å². The van der Waals surface area contributed by atoms with Gasteiger partial charge in [0.15, 0.2) is 11.7 Å². The first-order valence-electron chi connectivity index (χ1n) is 9.03. The second-order valence-electron chi connectivity index (χ2n) is 6.40. The average Bonchev–Trinajstić information content (AvgIpc) is 3.17. The molecular weight excluding hydrogens is 462 g/mol. The number of fused-ring (bicyclic) bond motifs is 1. The molecule has 172 valence electrons. The van der Waals surface area contributed by atoms with Gasteiger partial charge in [-0.3, -0.25) is 0 Å². The van der Waals surface area contributed by atoms with Crippen LogP contribution < -0.4 is 0 Å². The van der Waals surface area contributed by atoms with Gasteiger partial charge >= 0.3 is 24.2 Å². The fraction of sp³-hybridized carbons (Fsp3) is 0.150. The monoisotopic (exact) mass is 477 g/mol. The van der Waals surface area contributed by atoms with Gasteiger partial charge in [0.1, 0.15) is 12.1 Å². The summed E-state index contributed by atoms with van der Waals surface area (Å²) >= 11 is 0.765. The predicted molar refractivity (Wildman–Crippen MR) is 110 cm³/mol. The van der Waals surface area contributed by atoms with E-state index in [1.165, 1.54) is 6.07 Å². The Kier molecular flexibility index (Phi) is 7.03. The SMILES string of the molecule is O=C(O)OCC(OC(=O)O)C(Sc1nc2ccccc2o1)c1ccc(C(=O)O)cc1C(=O)O. The van der Waals surface area contributed by atoms with Crippen molar-refractivity contribution < 1.29 is 53.5 Å². The number of ether oxygens (including phenoxy) is 2. The van der Waals surface area contributed by atoms with Crippen LogP contribution in [0, 0.1) is 0 Å². The number of carbonyl (C=O) groups is 4. The van der Waals surface area contributed by atoms with Crippen molar-refractivity contribution in [3.63, 3.8) is 0 Å². The molecule has 33 heavy (non-hydrogen) atoms. The molecule has 0 aliphatic heterocycles. The number of aromatic nitrogens is 1. The fourth-order valence-electron chi connectivity index (χ4n) is 2.94. The average molecular weight is 477 g/mol. The zero-order valence-electron chi connectivity index (χ0n) is 16.4. The summed E-state index contributed by atoms with van der Waals surface area (Å²) in [5.74, 6) is -2.87. The molecule has 0 amide bonds. The lowest BCUT2D eigenvalue weighted by Crippen LogP contribution is -2.30. The molecule has 0 aliphatic carbocycles. The molecular formula is C20H15NO11S. The maximum Gasteiger partial charge on any atom is 0.506 e. The summed E-state index contributed by atoms with van der Waals surface area (Å²) in [5.41, 5.74) is 0.0314. The van der Waals surface area contributed by atoms with Crippen molar-refractivity contribution in [3.05, 3.63) is 59.2 Å². The van der Waals surface area contributed by atoms with E-state index >= 15 is 0 Å². The second-order valence-corrected chi connectivity index (χ2v) is 7.49. The number of thioether (sulfide) groups is 1. The Morgan fingerprint density at radius 2 is 1.70 bits per heavy atom. The van der Waals surface area contributed by atoms with E-state index < -0.39 is 47.8 Å². The van der Waals surface area contributed by atoms with Crippen molar-refractivity contribution in [2.45, 2.75) is 16.6 Å². The van der Waals surface area contributed by atoms with Crippen molar-refractivity contribution in [2.75, 3.05) is 6.61 Å². The minimum Gasteiger partial charge on any atom is -0.478 e. The zero-order chi connectivity index (χ0) is 24.1. The quantitative estimate of drug-likeness (QED) is 0.257. The molecule has 2 unspecified atom stereocenters. The molecule has 2 atom stereocenters. The number of carboxylic acid groups (broad SMARTS) is 4. The number of hydrogen-bond donors (Lipinski definition) is 4. The van der Waals surface area contributed by atoms with Gasteiger partial charge in [0, 0.05) is 0 Å². The first-order chi connectivity index (χ1) is 15.7. The Morgan fingerprint density at radius 3 is 2.30 bits per heavy atom.